The zero-order valence-corrected chi connectivity index (χ0v) is 17.7. The van der Waals surface area contributed by atoms with Crippen LogP contribution in [-0.4, -0.2) is 20.7 Å². The van der Waals surface area contributed by atoms with Gasteiger partial charge in [0.2, 0.25) is 0 Å². The molecule has 0 radical (unpaired) electrons. The Morgan fingerprint density at radius 3 is 2.35 bits per heavy atom. The van der Waals surface area contributed by atoms with E-state index in [-0.39, 0.29) is 0 Å². The first kappa shape index (κ1) is 21.2. The fourth-order valence-electron chi connectivity index (χ4n) is 3.35. The summed E-state index contributed by atoms with van der Waals surface area (Å²) in [6.07, 6.45) is 2.09. The Morgan fingerprint density at radius 2 is 1.73 bits per heavy atom. The summed E-state index contributed by atoms with van der Waals surface area (Å²) in [5.74, 6) is 0.415. The summed E-state index contributed by atoms with van der Waals surface area (Å²) in [7, 11) is -0.0371. The van der Waals surface area contributed by atoms with E-state index < -0.39 is 8.32 Å². The highest BCUT2D eigenvalue weighted by Gasteiger charge is 2.35. The minimum absolute atomic E-state index is 0.409. The largest absolute Gasteiger partial charge is 0.420 e. The van der Waals surface area contributed by atoms with Gasteiger partial charge in [0, 0.05) is 17.5 Å². The first-order valence-electron chi connectivity index (χ1n) is 8.86. The van der Waals surface area contributed by atoms with Crippen LogP contribution in [0.25, 0.3) is 0 Å². The molecule has 0 aromatic heterocycles. The third-order valence-electron chi connectivity index (χ3n) is 5.07. The van der Waals surface area contributed by atoms with Crippen LogP contribution in [0.3, 0.4) is 0 Å². The highest BCUT2D eigenvalue weighted by molar-refractivity contribution is 7.94. The van der Waals surface area contributed by atoms with Crippen molar-refractivity contribution >= 4 is 20.4 Å². The van der Waals surface area contributed by atoms with Crippen LogP contribution in [0.15, 0.2) is 59.5 Å². The van der Waals surface area contributed by atoms with Gasteiger partial charge in [-0.25, -0.2) is 5.26 Å². The third kappa shape index (κ3) is 5.67. The average Bonchev–Trinajstić information content (AvgIpc) is 2.68. The van der Waals surface area contributed by atoms with Gasteiger partial charge in [0.15, 0.2) is 8.32 Å². The van der Waals surface area contributed by atoms with Gasteiger partial charge in [0.1, 0.15) is 0 Å². The molecule has 2 rings (SSSR count). The summed E-state index contributed by atoms with van der Waals surface area (Å²) >= 11 is 1.000. The van der Waals surface area contributed by atoms with E-state index in [0.717, 1.165) is 29.8 Å². The minimum atomic E-state index is -1.88. The van der Waals surface area contributed by atoms with Crippen molar-refractivity contribution in [2.24, 2.45) is 0 Å². The molecular formula is C20H28O4SSi. The molecule has 0 fully saturated rings. The second-order valence-electron chi connectivity index (χ2n) is 6.91. The lowest BCUT2D eigenvalue weighted by Gasteiger charge is -2.34. The second kappa shape index (κ2) is 10.3. The summed E-state index contributed by atoms with van der Waals surface area (Å²) in [6.45, 7) is 6.80. The first-order valence-corrected chi connectivity index (χ1v) is 12.6. The van der Waals surface area contributed by atoms with E-state index in [9.17, 15) is 0 Å². The standard InChI is InChI=1S/C20H28O4SSi/c1-5-16(18-12-9-13-19(14-18)25-24-23-21)15-20(26(3,4)22-2)17-10-7-6-8-11-17/h6-14,16,20-21H,5,15H2,1-4H3. The van der Waals surface area contributed by atoms with Crippen LogP contribution in [0, 0.1) is 0 Å². The highest BCUT2D eigenvalue weighted by Crippen LogP contribution is 2.39. The van der Waals surface area contributed by atoms with Gasteiger partial charge in [-0.1, -0.05) is 54.4 Å². The van der Waals surface area contributed by atoms with E-state index in [4.69, 9.17) is 9.68 Å². The molecule has 2 unspecified atom stereocenters. The Hall–Kier alpha value is -1.15. The maximum atomic E-state index is 8.36. The maximum Gasteiger partial charge on any atom is 0.193 e. The zero-order chi connectivity index (χ0) is 19.0. The van der Waals surface area contributed by atoms with Crippen molar-refractivity contribution in [1.82, 2.24) is 0 Å². The van der Waals surface area contributed by atoms with Crippen LogP contribution < -0.4 is 0 Å². The van der Waals surface area contributed by atoms with Crippen LogP contribution in [0.5, 0.6) is 0 Å². The molecule has 0 aliphatic heterocycles. The van der Waals surface area contributed by atoms with E-state index in [1.54, 1.807) is 0 Å². The Kier molecular flexibility index (Phi) is 8.34. The molecule has 0 saturated carbocycles. The highest BCUT2D eigenvalue weighted by atomic mass is 32.2. The fourth-order valence-corrected chi connectivity index (χ4v) is 5.91. The lowest BCUT2D eigenvalue weighted by molar-refractivity contribution is -0.432. The van der Waals surface area contributed by atoms with Crippen LogP contribution >= 0.6 is 12.0 Å². The summed E-state index contributed by atoms with van der Waals surface area (Å²) in [6, 6.07) is 18.9. The van der Waals surface area contributed by atoms with E-state index in [1.807, 2.05) is 19.2 Å². The zero-order valence-electron chi connectivity index (χ0n) is 15.8. The van der Waals surface area contributed by atoms with Gasteiger partial charge >= 0.3 is 0 Å². The third-order valence-corrected chi connectivity index (χ3v) is 8.95. The van der Waals surface area contributed by atoms with Crippen LogP contribution in [0.2, 0.25) is 13.1 Å². The second-order valence-corrected chi connectivity index (χ2v) is 12.0. The molecule has 4 nitrogen and oxygen atoms in total. The van der Waals surface area contributed by atoms with Gasteiger partial charge < -0.3 is 4.43 Å². The molecule has 2 aromatic carbocycles. The summed E-state index contributed by atoms with van der Waals surface area (Å²) < 4.78 is 10.6. The molecule has 0 heterocycles. The van der Waals surface area contributed by atoms with Gasteiger partial charge in [-0.05, 0) is 55.1 Å². The fraction of sp³-hybridized carbons (Fsp3) is 0.400. The molecule has 2 atom stereocenters. The summed E-state index contributed by atoms with van der Waals surface area (Å²) in [5, 5.41) is 12.1. The Morgan fingerprint density at radius 1 is 1.04 bits per heavy atom. The van der Waals surface area contributed by atoms with Crippen molar-refractivity contribution in [3.63, 3.8) is 0 Å². The van der Waals surface area contributed by atoms with Crippen molar-refractivity contribution in [3.05, 3.63) is 65.7 Å². The van der Waals surface area contributed by atoms with Crippen molar-refractivity contribution in [2.45, 2.75) is 49.2 Å². The first-order chi connectivity index (χ1) is 12.5. The lowest BCUT2D eigenvalue weighted by Crippen LogP contribution is -2.38. The molecule has 0 aliphatic carbocycles. The number of benzene rings is 2. The van der Waals surface area contributed by atoms with E-state index >= 15 is 0 Å². The predicted molar refractivity (Wildman–Crippen MR) is 108 cm³/mol. The maximum absolute atomic E-state index is 8.36. The normalized spacial score (nSPS) is 14.2. The van der Waals surface area contributed by atoms with E-state index in [0.29, 0.717) is 11.5 Å². The number of rotatable bonds is 10. The smallest absolute Gasteiger partial charge is 0.193 e. The Balaban J connectivity index is 2.27. The lowest BCUT2D eigenvalue weighted by atomic mass is 9.90. The molecule has 0 saturated heterocycles. The van der Waals surface area contributed by atoms with Crippen LogP contribution in [-0.2, 0) is 13.8 Å². The molecule has 0 spiro atoms. The van der Waals surface area contributed by atoms with Crippen molar-refractivity contribution in [3.8, 4) is 0 Å². The summed E-state index contributed by atoms with van der Waals surface area (Å²) in [4.78, 5) is 0.898. The van der Waals surface area contributed by atoms with Gasteiger partial charge in [0.25, 0.3) is 0 Å². The number of hydrogen-bond donors (Lipinski definition) is 1. The quantitative estimate of drug-likeness (QED) is 0.227. The Labute approximate surface area is 161 Å². The predicted octanol–water partition coefficient (Wildman–Crippen LogP) is 6.17. The topological polar surface area (TPSA) is 47.9 Å². The van der Waals surface area contributed by atoms with Gasteiger partial charge in [-0.15, -0.1) is 4.33 Å². The monoisotopic (exact) mass is 392 g/mol. The molecule has 26 heavy (non-hydrogen) atoms. The average molecular weight is 393 g/mol. The molecular weight excluding hydrogens is 364 g/mol. The molecule has 1 N–H and O–H groups in total. The molecule has 142 valence electrons. The summed E-state index contributed by atoms with van der Waals surface area (Å²) in [5.41, 5.74) is 3.03. The SMILES string of the molecule is CCC(CC(c1ccccc1)[Si](C)(C)OC)c1cccc(SOOO)c1. The van der Waals surface area contributed by atoms with Crippen molar-refractivity contribution in [1.29, 1.82) is 0 Å². The molecule has 0 bridgehead atoms. The molecule has 2 aromatic rings. The van der Waals surface area contributed by atoms with Crippen LogP contribution in [0.4, 0.5) is 0 Å². The van der Waals surface area contributed by atoms with Gasteiger partial charge in [0.05, 0.1) is 12.0 Å². The Bertz CT molecular complexity index is 666. The van der Waals surface area contributed by atoms with E-state index in [2.05, 4.69) is 71.9 Å². The van der Waals surface area contributed by atoms with Crippen molar-refractivity contribution in [2.75, 3.05) is 7.11 Å². The molecule has 0 amide bonds. The van der Waals surface area contributed by atoms with Crippen molar-refractivity contribution < 1.29 is 19.1 Å². The van der Waals surface area contributed by atoms with Crippen LogP contribution in [0.1, 0.15) is 42.4 Å². The van der Waals surface area contributed by atoms with E-state index in [1.165, 1.54) is 11.1 Å². The van der Waals surface area contributed by atoms with Gasteiger partial charge in [-0.2, -0.15) is 0 Å². The molecule has 0 aliphatic rings. The molecule has 6 heteroatoms. The minimum Gasteiger partial charge on any atom is -0.420 e. The number of hydrogen-bond acceptors (Lipinski definition) is 5. The van der Waals surface area contributed by atoms with Gasteiger partial charge in [-0.3, -0.25) is 0 Å².